The largest absolute Gasteiger partial charge is 0.534 e. The van der Waals surface area contributed by atoms with E-state index in [1.54, 1.807) is 24.5 Å². The van der Waals surface area contributed by atoms with Gasteiger partial charge >= 0.3 is 15.6 Å². The molecule has 0 fully saturated rings. The van der Waals surface area contributed by atoms with Crippen molar-refractivity contribution < 1.29 is 25.8 Å². The summed E-state index contributed by atoms with van der Waals surface area (Å²) in [6, 6.07) is 8.21. The van der Waals surface area contributed by atoms with Gasteiger partial charge in [-0.25, -0.2) is 4.98 Å². The molecule has 0 spiro atoms. The third-order valence-electron chi connectivity index (χ3n) is 3.20. The molecule has 0 N–H and O–H groups in total. The maximum Gasteiger partial charge on any atom is 0.534 e. The van der Waals surface area contributed by atoms with E-state index < -0.39 is 21.4 Å². The van der Waals surface area contributed by atoms with Gasteiger partial charge in [-0.2, -0.15) is 21.6 Å². The van der Waals surface area contributed by atoms with Crippen molar-refractivity contribution in [2.24, 2.45) is 0 Å². The Morgan fingerprint density at radius 1 is 1.08 bits per heavy atom. The molecule has 0 radical (unpaired) electrons. The van der Waals surface area contributed by atoms with Gasteiger partial charge in [0.2, 0.25) is 0 Å². The Morgan fingerprint density at radius 2 is 1.76 bits per heavy atom. The van der Waals surface area contributed by atoms with Crippen molar-refractivity contribution in [3.63, 3.8) is 0 Å². The summed E-state index contributed by atoms with van der Waals surface area (Å²) >= 11 is 6.17. The lowest BCUT2D eigenvalue weighted by atomic mass is 10.1. The maximum absolute atomic E-state index is 12.3. The Bertz CT molecular complexity index is 1040. The van der Waals surface area contributed by atoms with E-state index >= 15 is 0 Å². The number of aromatic nitrogens is 2. The SMILES string of the molecule is O=S(=O)(Oc1ccc(-c2cc(Cl)c3cnccc3n2)cc1)C(F)(F)F. The first kappa shape index (κ1) is 17.4. The van der Waals surface area contributed by atoms with Crippen molar-refractivity contribution in [3.8, 4) is 17.0 Å². The second-order valence-electron chi connectivity index (χ2n) is 4.89. The van der Waals surface area contributed by atoms with E-state index in [2.05, 4.69) is 14.2 Å². The molecule has 0 bridgehead atoms. The van der Waals surface area contributed by atoms with Crippen LogP contribution in [0.4, 0.5) is 13.2 Å². The normalized spacial score (nSPS) is 12.3. The molecular formula is C15H8ClF3N2O3S. The standard InChI is InChI=1S/C15H8ClF3N2O3S/c16-12-7-14(21-13-5-6-20-8-11(12)13)9-1-3-10(4-2-9)24-25(22,23)15(17,18)19/h1-8H. The quantitative estimate of drug-likeness (QED) is 0.497. The molecular weight excluding hydrogens is 381 g/mol. The first-order valence-corrected chi connectivity index (χ1v) is 8.47. The third-order valence-corrected chi connectivity index (χ3v) is 4.49. The van der Waals surface area contributed by atoms with Crippen LogP contribution in [0.15, 0.2) is 48.8 Å². The van der Waals surface area contributed by atoms with E-state index in [9.17, 15) is 21.6 Å². The molecule has 25 heavy (non-hydrogen) atoms. The monoisotopic (exact) mass is 388 g/mol. The van der Waals surface area contributed by atoms with Crippen LogP contribution in [-0.4, -0.2) is 23.9 Å². The van der Waals surface area contributed by atoms with Crippen LogP contribution in [0, 0.1) is 0 Å². The van der Waals surface area contributed by atoms with E-state index in [4.69, 9.17) is 11.6 Å². The first-order valence-electron chi connectivity index (χ1n) is 6.69. The zero-order chi connectivity index (χ0) is 18.2. The molecule has 0 unspecified atom stereocenters. The zero-order valence-electron chi connectivity index (χ0n) is 12.2. The molecule has 1 aromatic carbocycles. The smallest absolute Gasteiger partial charge is 0.376 e. The minimum Gasteiger partial charge on any atom is -0.376 e. The van der Waals surface area contributed by atoms with Crippen LogP contribution in [0.5, 0.6) is 5.75 Å². The summed E-state index contributed by atoms with van der Waals surface area (Å²) < 4.78 is 63.0. The van der Waals surface area contributed by atoms with Crippen molar-refractivity contribution >= 4 is 32.6 Å². The minimum absolute atomic E-state index is 0.410. The van der Waals surface area contributed by atoms with Gasteiger partial charge in [0, 0.05) is 23.3 Å². The summed E-state index contributed by atoms with van der Waals surface area (Å²) in [6.45, 7) is 0. The fourth-order valence-electron chi connectivity index (χ4n) is 2.03. The molecule has 3 aromatic rings. The summed E-state index contributed by atoms with van der Waals surface area (Å²) in [7, 11) is -5.71. The van der Waals surface area contributed by atoms with Crippen molar-refractivity contribution in [3.05, 3.63) is 53.8 Å². The Kier molecular flexibility index (Phi) is 4.29. The second kappa shape index (κ2) is 6.16. The zero-order valence-corrected chi connectivity index (χ0v) is 13.7. The Labute approximate surface area is 145 Å². The lowest BCUT2D eigenvalue weighted by Gasteiger charge is -2.10. The number of benzene rings is 1. The summed E-state index contributed by atoms with van der Waals surface area (Å²) in [6.07, 6.45) is 3.11. The highest BCUT2D eigenvalue weighted by Gasteiger charge is 2.48. The summed E-state index contributed by atoms with van der Waals surface area (Å²) in [5, 5.41) is 1.07. The van der Waals surface area contributed by atoms with Gasteiger partial charge in [0.05, 0.1) is 16.2 Å². The predicted molar refractivity (Wildman–Crippen MR) is 85.6 cm³/mol. The summed E-state index contributed by atoms with van der Waals surface area (Å²) in [4.78, 5) is 8.34. The van der Waals surface area contributed by atoms with Gasteiger partial charge in [-0.15, -0.1) is 0 Å². The molecule has 5 nitrogen and oxygen atoms in total. The number of fused-ring (bicyclic) bond motifs is 1. The molecule has 10 heteroatoms. The average Bonchev–Trinajstić information content (AvgIpc) is 2.54. The molecule has 0 atom stereocenters. The van der Waals surface area contributed by atoms with E-state index in [-0.39, 0.29) is 0 Å². The fourth-order valence-corrected chi connectivity index (χ4v) is 2.74. The number of rotatable bonds is 3. The van der Waals surface area contributed by atoms with Crippen LogP contribution in [0.3, 0.4) is 0 Å². The van der Waals surface area contributed by atoms with Gasteiger partial charge in [-0.05, 0) is 36.4 Å². The van der Waals surface area contributed by atoms with E-state index in [0.29, 0.717) is 27.2 Å². The van der Waals surface area contributed by atoms with Crippen LogP contribution in [-0.2, 0) is 10.1 Å². The van der Waals surface area contributed by atoms with Crippen LogP contribution >= 0.6 is 11.6 Å². The van der Waals surface area contributed by atoms with E-state index in [0.717, 1.165) is 12.1 Å². The summed E-state index contributed by atoms with van der Waals surface area (Å²) in [5.41, 5.74) is -3.91. The Hall–Kier alpha value is -2.39. The lowest BCUT2D eigenvalue weighted by molar-refractivity contribution is -0.0500. The number of nitrogens with zero attached hydrogens (tertiary/aromatic N) is 2. The van der Waals surface area contributed by atoms with Gasteiger partial charge in [0.1, 0.15) is 5.75 Å². The van der Waals surface area contributed by atoms with Crippen LogP contribution < -0.4 is 4.18 Å². The van der Waals surface area contributed by atoms with E-state index in [1.807, 2.05) is 0 Å². The number of halogens is 4. The van der Waals surface area contributed by atoms with Crippen LogP contribution in [0.25, 0.3) is 22.2 Å². The fraction of sp³-hybridized carbons (Fsp3) is 0.0667. The predicted octanol–water partition coefficient (Wildman–Crippen LogP) is 4.18. The number of alkyl halides is 3. The first-order chi connectivity index (χ1) is 11.7. The van der Waals surface area contributed by atoms with Crippen molar-refractivity contribution in [1.29, 1.82) is 0 Å². The highest BCUT2D eigenvalue weighted by molar-refractivity contribution is 7.88. The van der Waals surface area contributed by atoms with Crippen molar-refractivity contribution in [2.75, 3.05) is 0 Å². The van der Waals surface area contributed by atoms with Crippen LogP contribution in [0.1, 0.15) is 0 Å². The molecule has 0 amide bonds. The minimum atomic E-state index is -5.71. The third kappa shape index (κ3) is 3.52. The maximum atomic E-state index is 12.3. The molecule has 2 heterocycles. The Balaban J connectivity index is 1.93. The Morgan fingerprint density at radius 3 is 2.40 bits per heavy atom. The number of hydrogen-bond donors (Lipinski definition) is 0. The number of hydrogen-bond acceptors (Lipinski definition) is 5. The molecule has 2 aromatic heterocycles. The molecule has 0 saturated carbocycles. The second-order valence-corrected chi connectivity index (χ2v) is 6.83. The van der Waals surface area contributed by atoms with Crippen LogP contribution in [0.2, 0.25) is 5.02 Å². The van der Waals surface area contributed by atoms with Gasteiger partial charge in [0.15, 0.2) is 0 Å². The number of pyridine rings is 2. The van der Waals surface area contributed by atoms with Gasteiger partial charge in [-0.3, -0.25) is 4.98 Å². The molecule has 0 aliphatic carbocycles. The molecule has 0 aliphatic rings. The topological polar surface area (TPSA) is 69.2 Å². The van der Waals surface area contributed by atoms with Gasteiger partial charge < -0.3 is 4.18 Å². The summed E-state index contributed by atoms with van der Waals surface area (Å²) in [5.74, 6) is -0.461. The highest BCUT2D eigenvalue weighted by atomic mass is 35.5. The van der Waals surface area contributed by atoms with E-state index in [1.165, 1.54) is 12.1 Å². The molecule has 0 saturated heterocycles. The van der Waals surface area contributed by atoms with Crippen molar-refractivity contribution in [1.82, 2.24) is 9.97 Å². The molecule has 0 aliphatic heterocycles. The molecule has 3 rings (SSSR count). The van der Waals surface area contributed by atoms with Crippen molar-refractivity contribution in [2.45, 2.75) is 5.51 Å². The highest BCUT2D eigenvalue weighted by Crippen LogP contribution is 2.30. The lowest BCUT2D eigenvalue weighted by Crippen LogP contribution is -2.28. The van der Waals surface area contributed by atoms with Gasteiger partial charge in [-0.1, -0.05) is 11.6 Å². The average molecular weight is 389 g/mol. The van der Waals surface area contributed by atoms with Gasteiger partial charge in [0.25, 0.3) is 0 Å². The molecule has 130 valence electrons.